The van der Waals surface area contributed by atoms with E-state index in [1.165, 1.54) is 58.6 Å². The van der Waals surface area contributed by atoms with E-state index in [0.29, 0.717) is 0 Å². The van der Waals surface area contributed by atoms with E-state index in [9.17, 15) is 0 Å². The summed E-state index contributed by atoms with van der Waals surface area (Å²) >= 11 is 0. The second-order valence-corrected chi connectivity index (χ2v) is 13.1. The maximum Gasteiger partial charge on any atom is 0.136 e. The number of piperidine rings is 2. The first-order valence-corrected chi connectivity index (χ1v) is 15.8. The van der Waals surface area contributed by atoms with Gasteiger partial charge in [-0.05, 0) is 120 Å². The molecule has 0 spiro atoms. The van der Waals surface area contributed by atoms with Crippen molar-refractivity contribution in [2.24, 2.45) is 11.8 Å². The number of fused-ring (bicyclic) bond motifs is 8. The third-order valence-electron chi connectivity index (χ3n) is 10.2. The van der Waals surface area contributed by atoms with Crippen molar-refractivity contribution in [3.8, 4) is 0 Å². The van der Waals surface area contributed by atoms with Gasteiger partial charge < -0.3 is 18.6 Å². The molecule has 4 heterocycles. The Morgan fingerprint density at radius 1 is 0.452 bits per heavy atom. The Hall–Kier alpha value is -4.18. The van der Waals surface area contributed by atoms with Gasteiger partial charge in [-0.3, -0.25) is 0 Å². The highest BCUT2D eigenvalue weighted by Crippen LogP contribution is 2.40. The molecule has 0 radical (unpaired) electrons. The molecular weight excluding hydrogens is 516 g/mol. The monoisotopic (exact) mass is 552 g/mol. The fraction of sp³-hybridized carbons (Fsp3) is 0.316. The Labute approximate surface area is 245 Å². The van der Waals surface area contributed by atoms with Crippen molar-refractivity contribution in [2.75, 3.05) is 36.0 Å². The Morgan fingerprint density at radius 3 is 1.26 bits per heavy atom. The molecule has 2 fully saturated rings. The number of furan rings is 2. The van der Waals surface area contributed by atoms with Crippen LogP contribution in [0.4, 0.5) is 11.4 Å². The summed E-state index contributed by atoms with van der Waals surface area (Å²) in [6, 6.07) is 27.1. The average molecular weight is 553 g/mol. The van der Waals surface area contributed by atoms with Gasteiger partial charge in [0.25, 0.3) is 0 Å². The highest BCUT2D eigenvalue weighted by molar-refractivity contribution is 6.18. The lowest BCUT2D eigenvalue weighted by Crippen LogP contribution is -2.32. The van der Waals surface area contributed by atoms with E-state index in [-0.39, 0.29) is 0 Å². The molecule has 2 saturated heterocycles. The van der Waals surface area contributed by atoms with Crippen LogP contribution in [0.5, 0.6) is 0 Å². The zero-order chi connectivity index (χ0) is 27.9. The first kappa shape index (κ1) is 24.4. The van der Waals surface area contributed by atoms with Gasteiger partial charge in [0.2, 0.25) is 0 Å². The van der Waals surface area contributed by atoms with Crippen molar-refractivity contribution in [1.29, 1.82) is 0 Å². The standard InChI is InChI=1S/C38H36N2O2/c1-23-7-11-39(12-8-23)29-5-3-25-17-31-33-21-38-34(22-37(33)41-35(31)19-27(25)15-29)32-18-26-4-6-30(16-28(26)20-36(32)42-38)40-13-9-24(2)10-14-40/h3-6,15-24H,7-14H2,1-2H3. The molecule has 2 aliphatic rings. The summed E-state index contributed by atoms with van der Waals surface area (Å²) in [5.74, 6) is 1.66. The summed E-state index contributed by atoms with van der Waals surface area (Å²) in [5, 5.41) is 9.46. The minimum Gasteiger partial charge on any atom is -0.456 e. The molecule has 5 aromatic carbocycles. The number of nitrogens with zero attached hydrogens (tertiary/aromatic N) is 2. The van der Waals surface area contributed by atoms with E-state index < -0.39 is 0 Å². The SMILES string of the molecule is CC1CCN(c2ccc3cc4c(cc3c2)oc2cc3c(cc24)oc2cc4cc(N5CCC(C)CC5)ccc4cc23)CC1. The van der Waals surface area contributed by atoms with Gasteiger partial charge in [-0.25, -0.2) is 0 Å². The molecule has 0 atom stereocenters. The van der Waals surface area contributed by atoms with Crippen molar-refractivity contribution in [1.82, 2.24) is 0 Å². The Kier molecular flexibility index (Phi) is 5.33. The van der Waals surface area contributed by atoms with Crippen LogP contribution in [-0.4, -0.2) is 26.2 Å². The first-order chi connectivity index (χ1) is 20.6. The molecule has 7 aromatic rings. The van der Waals surface area contributed by atoms with Gasteiger partial charge in [0, 0.05) is 59.1 Å². The summed E-state index contributed by atoms with van der Waals surface area (Å²) < 4.78 is 13.0. The zero-order valence-electron chi connectivity index (χ0n) is 24.5. The molecule has 4 nitrogen and oxygen atoms in total. The molecule has 0 N–H and O–H groups in total. The van der Waals surface area contributed by atoms with Crippen molar-refractivity contribution in [3.63, 3.8) is 0 Å². The summed E-state index contributed by atoms with van der Waals surface area (Å²) in [4.78, 5) is 5.06. The Bertz CT molecular complexity index is 2000. The topological polar surface area (TPSA) is 32.8 Å². The summed E-state index contributed by atoms with van der Waals surface area (Å²) in [7, 11) is 0. The van der Waals surface area contributed by atoms with E-state index in [0.717, 1.165) is 81.9 Å². The second-order valence-electron chi connectivity index (χ2n) is 13.1. The van der Waals surface area contributed by atoms with Gasteiger partial charge in [-0.1, -0.05) is 26.0 Å². The molecule has 2 aliphatic heterocycles. The van der Waals surface area contributed by atoms with Crippen LogP contribution in [0.3, 0.4) is 0 Å². The van der Waals surface area contributed by atoms with Crippen LogP contribution in [0.1, 0.15) is 39.5 Å². The normalized spacial score (nSPS) is 17.7. The Morgan fingerprint density at radius 2 is 0.833 bits per heavy atom. The second kappa shape index (κ2) is 9.16. The molecule has 9 rings (SSSR count). The van der Waals surface area contributed by atoms with Crippen LogP contribution in [0.2, 0.25) is 0 Å². The summed E-state index contributed by atoms with van der Waals surface area (Å²) in [5.41, 5.74) is 6.33. The van der Waals surface area contributed by atoms with E-state index in [4.69, 9.17) is 8.83 Å². The van der Waals surface area contributed by atoms with Crippen LogP contribution >= 0.6 is 0 Å². The smallest absolute Gasteiger partial charge is 0.136 e. The largest absolute Gasteiger partial charge is 0.456 e. The van der Waals surface area contributed by atoms with Crippen LogP contribution < -0.4 is 9.80 Å². The minimum atomic E-state index is 0.828. The minimum absolute atomic E-state index is 0.828. The lowest BCUT2D eigenvalue weighted by molar-refractivity contribution is 0.438. The molecule has 210 valence electrons. The molecule has 0 unspecified atom stereocenters. The maximum atomic E-state index is 6.50. The van der Waals surface area contributed by atoms with Crippen LogP contribution in [0.15, 0.2) is 81.6 Å². The van der Waals surface area contributed by atoms with Gasteiger partial charge in [-0.2, -0.15) is 0 Å². The zero-order valence-corrected chi connectivity index (χ0v) is 24.5. The summed E-state index contributed by atoms with van der Waals surface area (Å²) in [6.45, 7) is 9.29. The van der Waals surface area contributed by atoms with Gasteiger partial charge >= 0.3 is 0 Å². The third kappa shape index (κ3) is 3.88. The van der Waals surface area contributed by atoms with Crippen molar-refractivity contribution in [3.05, 3.63) is 72.8 Å². The fourth-order valence-electron chi connectivity index (χ4n) is 7.43. The summed E-state index contributed by atoms with van der Waals surface area (Å²) in [6.07, 6.45) is 5.08. The molecule has 4 heteroatoms. The molecule has 0 bridgehead atoms. The molecule has 2 aromatic heterocycles. The molecule has 42 heavy (non-hydrogen) atoms. The number of hydrogen-bond acceptors (Lipinski definition) is 4. The van der Waals surface area contributed by atoms with Crippen molar-refractivity contribution >= 4 is 76.8 Å². The van der Waals surface area contributed by atoms with Crippen LogP contribution in [0, 0.1) is 11.8 Å². The molecule has 0 aliphatic carbocycles. The number of rotatable bonds is 2. The van der Waals surface area contributed by atoms with Crippen molar-refractivity contribution < 1.29 is 8.83 Å². The third-order valence-corrected chi connectivity index (χ3v) is 10.2. The maximum absolute atomic E-state index is 6.50. The highest BCUT2D eigenvalue weighted by atomic mass is 16.3. The van der Waals surface area contributed by atoms with E-state index in [1.54, 1.807) is 0 Å². The molecule has 0 amide bonds. The van der Waals surface area contributed by atoms with E-state index >= 15 is 0 Å². The first-order valence-electron chi connectivity index (χ1n) is 15.8. The number of anilines is 2. The van der Waals surface area contributed by atoms with E-state index in [1.807, 2.05) is 0 Å². The number of hydrogen-bond donors (Lipinski definition) is 0. The van der Waals surface area contributed by atoms with Gasteiger partial charge in [0.05, 0.1) is 0 Å². The average Bonchev–Trinajstić information content (AvgIpc) is 3.53. The Balaban J connectivity index is 1.13. The van der Waals surface area contributed by atoms with Crippen molar-refractivity contribution in [2.45, 2.75) is 39.5 Å². The van der Waals surface area contributed by atoms with Gasteiger partial charge in [0.1, 0.15) is 22.3 Å². The lowest BCUT2D eigenvalue weighted by Gasteiger charge is -2.32. The predicted molar refractivity (Wildman–Crippen MR) is 177 cm³/mol. The van der Waals surface area contributed by atoms with Crippen LogP contribution in [-0.2, 0) is 0 Å². The highest BCUT2D eigenvalue weighted by Gasteiger charge is 2.19. The fourth-order valence-corrected chi connectivity index (χ4v) is 7.43. The van der Waals surface area contributed by atoms with Crippen LogP contribution in [0.25, 0.3) is 65.4 Å². The quantitative estimate of drug-likeness (QED) is 0.214. The van der Waals surface area contributed by atoms with E-state index in [2.05, 4.69) is 96.4 Å². The van der Waals surface area contributed by atoms with Gasteiger partial charge in [0.15, 0.2) is 0 Å². The molecular formula is C38H36N2O2. The predicted octanol–water partition coefficient (Wildman–Crippen LogP) is 10.3. The molecule has 0 saturated carbocycles. The van der Waals surface area contributed by atoms with Gasteiger partial charge in [-0.15, -0.1) is 0 Å². The lowest BCUT2D eigenvalue weighted by atomic mass is 9.98. The number of benzene rings is 5.